The maximum Gasteiger partial charge on any atom is 0.229 e. The van der Waals surface area contributed by atoms with Crippen LogP contribution in [0.15, 0.2) is 23.8 Å². The smallest absolute Gasteiger partial charge is 0.229 e. The summed E-state index contributed by atoms with van der Waals surface area (Å²) in [6.45, 7) is 4.71. The Morgan fingerprint density at radius 2 is 1.86 bits per heavy atom. The molecule has 2 aliphatic rings. The predicted octanol–water partition coefficient (Wildman–Crippen LogP) is 2.34. The first kappa shape index (κ1) is 19.8. The van der Waals surface area contributed by atoms with Crippen LogP contribution in [0.4, 0.5) is 11.1 Å². The summed E-state index contributed by atoms with van der Waals surface area (Å²) < 4.78 is 0. The topological polar surface area (TPSA) is 91.3 Å². The third-order valence-corrected chi connectivity index (χ3v) is 6.51. The lowest BCUT2D eigenvalue weighted by atomic mass is 9.92. The van der Waals surface area contributed by atoms with Gasteiger partial charge in [0, 0.05) is 49.9 Å². The first-order valence-electron chi connectivity index (χ1n) is 10.1. The van der Waals surface area contributed by atoms with Crippen molar-refractivity contribution in [2.45, 2.75) is 32.6 Å². The van der Waals surface area contributed by atoms with E-state index in [-0.39, 0.29) is 23.7 Å². The Morgan fingerprint density at radius 3 is 2.55 bits per heavy atom. The lowest BCUT2D eigenvalue weighted by Crippen LogP contribution is -2.48. The molecule has 1 atom stereocenters. The number of nitrogens with zero attached hydrogens (tertiary/aromatic N) is 5. The summed E-state index contributed by atoms with van der Waals surface area (Å²) in [5.74, 6) is 0.800. The zero-order valence-electron chi connectivity index (χ0n) is 16.6. The number of hydrogen-bond donors (Lipinski definition) is 1. The zero-order chi connectivity index (χ0) is 20.2. The van der Waals surface area contributed by atoms with Crippen LogP contribution < -0.4 is 10.2 Å². The third kappa shape index (κ3) is 4.72. The maximum atomic E-state index is 13.0. The van der Waals surface area contributed by atoms with E-state index in [0.717, 1.165) is 25.1 Å². The summed E-state index contributed by atoms with van der Waals surface area (Å²) in [5, 5.41) is 5.48. The molecule has 2 aliphatic heterocycles. The van der Waals surface area contributed by atoms with Gasteiger partial charge in [0.1, 0.15) is 0 Å². The summed E-state index contributed by atoms with van der Waals surface area (Å²) in [7, 11) is 0. The van der Waals surface area contributed by atoms with Crippen molar-refractivity contribution < 1.29 is 9.59 Å². The van der Waals surface area contributed by atoms with E-state index >= 15 is 0 Å². The first-order chi connectivity index (χ1) is 14.1. The van der Waals surface area contributed by atoms with Crippen LogP contribution in [0.2, 0.25) is 0 Å². The van der Waals surface area contributed by atoms with E-state index in [1.165, 1.54) is 11.3 Å². The largest absolute Gasteiger partial charge is 0.342 e. The molecule has 8 nitrogen and oxygen atoms in total. The molecule has 29 heavy (non-hydrogen) atoms. The molecule has 2 aromatic heterocycles. The number of aromatic nitrogens is 3. The van der Waals surface area contributed by atoms with E-state index in [9.17, 15) is 9.59 Å². The number of rotatable bonds is 4. The minimum atomic E-state index is -0.0659. The van der Waals surface area contributed by atoms with Crippen LogP contribution >= 0.6 is 11.3 Å². The summed E-state index contributed by atoms with van der Waals surface area (Å²) in [6, 6.07) is 1.80. The van der Waals surface area contributed by atoms with Crippen LogP contribution in [-0.2, 0) is 9.59 Å². The molecule has 4 rings (SSSR count). The van der Waals surface area contributed by atoms with Gasteiger partial charge in [0.25, 0.3) is 0 Å². The van der Waals surface area contributed by atoms with Crippen LogP contribution in [0.3, 0.4) is 0 Å². The van der Waals surface area contributed by atoms with Gasteiger partial charge in [0.05, 0.1) is 11.6 Å². The Kier molecular flexibility index (Phi) is 6.03. The van der Waals surface area contributed by atoms with Crippen LogP contribution in [0.1, 0.15) is 31.4 Å². The van der Waals surface area contributed by atoms with Crippen molar-refractivity contribution in [2.24, 2.45) is 11.8 Å². The van der Waals surface area contributed by atoms with Gasteiger partial charge < -0.3 is 15.1 Å². The second kappa shape index (κ2) is 8.86. The van der Waals surface area contributed by atoms with Gasteiger partial charge in [-0.2, -0.15) is 0 Å². The van der Waals surface area contributed by atoms with E-state index in [1.807, 2.05) is 17.2 Å². The fraction of sp³-hybridized carbons (Fsp3) is 0.550. The molecule has 2 fully saturated rings. The molecule has 0 aromatic carbocycles. The molecule has 9 heteroatoms. The van der Waals surface area contributed by atoms with Gasteiger partial charge in [-0.05, 0) is 38.7 Å². The Bertz CT molecular complexity index is 850. The maximum absolute atomic E-state index is 13.0. The number of anilines is 2. The number of aryl methyl sites for hydroxylation is 1. The second-order valence-electron chi connectivity index (χ2n) is 7.72. The predicted molar refractivity (Wildman–Crippen MR) is 112 cm³/mol. The molecule has 1 N–H and O–H groups in total. The summed E-state index contributed by atoms with van der Waals surface area (Å²) in [5.41, 5.74) is 0.910. The zero-order valence-corrected chi connectivity index (χ0v) is 17.4. The van der Waals surface area contributed by atoms with Gasteiger partial charge >= 0.3 is 0 Å². The van der Waals surface area contributed by atoms with E-state index in [2.05, 4.69) is 25.2 Å². The molecule has 0 bridgehead atoms. The highest BCUT2D eigenvalue weighted by Gasteiger charge is 2.33. The third-order valence-electron chi connectivity index (χ3n) is 5.63. The second-order valence-corrected chi connectivity index (χ2v) is 8.57. The SMILES string of the molecule is Cc1csc(NC(=O)C2CCN(C(=O)C3CCCN(c4ncccn4)C3)CC2)n1. The number of likely N-dealkylation sites (tertiary alicyclic amines) is 1. The number of nitrogens with one attached hydrogen (secondary N) is 1. The number of carbonyl (C=O) groups is 2. The summed E-state index contributed by atoms with van der Waals surface area (Å²) in [4.78, 5) is 42.5. The molecular weight excluding hydrogens is 388 g/mol. The van der Waals surface area contributed by atoms with E-state index in [0.29, 0.717) is 43.6 Å². The Hall–Kier alpha value is -2.55. The quantitative estimate of drug-likeness (QED) is 0.826. The molecule has 2 saturated heterocycles. The van der Waals surface area contributed by atoms with E-state index < -0.39 is 0 Å². The molecule has 0 saturated carbocycles. The number of carbonyl (C=O) groups excluding carboxylic acids is 2. The van der Waals surface area contributed by atoms with Crippen molar-refractivity contribution >= 4 is 34.2 Å². The molecule has 0 spiro atoms. The molecule has 154 valence electrons. The van der Waals surface area contributed by atoms with Gasteiger partial charge in [-0.1, -0.05) is 0 Å². The average Bonchev–Trinajstić information content (AvgIpc) is 3.18. The highest BCUT2D eigenvalue weighted by atomic mass is 32.1. The number of piperidine rings is 2. The van der Waals surface area contributed by atoms with Crippen molar-refractivity contribution in [3.05, 3.63) is 29.5 Å². The molecular formula is C20H26N6O2S. The Morgan fingerprint density at radius 1 is 1.10 bits per heavy atom. The first-order valence-corrected chi connectivity index (χ1v) is 11.0. The van der Waals surface area contributed by atoms with Gasteiger partial charge in [0.2, 0.25) is 17.8 Å². The van der Waals surface area contributed by atoms with Gasteiger partial charge in [-0.3, -0.25) is 9.59 Å². The highest BCUT2D eigenvalue weighted by Crippen LogP contribution is 2.26. The van der Waals surface area contributed by atoms with Crippen molar-refractivity contribution in [1.29, 1.82) is 0 Å². The molecule has 4 heterocycles. The fourth-order valence-electron chi connectivity index (χ4n) is 4.05. The Balaban J connectivity index is 1.29. The van der Waals surface area contributed by atoms with Crippen molar-refractivity contribution in [3.8, 4) is 0 Å². The standard InChI is InChI=1S/C20H26N6O2S/c1-14-13-29-20(23-14)24-17(27)15-5-10-25(11-6-15)18(28)16-4-2-9-26(12-16)19-21-7-3-8-22-19/h3,7-8,13,15-16H,2,4-6,9-12H2,1H3,(H,23,24,27). The van der Waals surface area contributed by atoms with Gasteiger partial charge in [-0.15, -0.1) is 11.3 Å². The molecule has 2 amide bonds. The molecule has 1 unspecified atom stereocenters. The monoisotopic (exact) mass is 414 g/mol. The van der Waals surface area contributed by atoms with Crippen molar-refractivity contribution in [2.75, 3.05) is 36.4 Å². The van der Waals surface area contributed by atoms with E-state index in [4.69, 9.17) is 0 Å². The van der Waals surface area contributed by atoms with Gasteiger partial charge in [-0.25, -0.2) is 15.0 Å². The van der Waals surface area contributed by atoms with Crippen molar-refractivity contribution in [3.63, 3.8) is 0 Å². The summed E-state index contributed by atoms with van der Waals surface area (Å²) in [6.07, 6.45) is 6.71. The minimum Gasteiger partial charge on any atom is -0.342 e. The van der Waals surface area contributed by atoms with Crippen LogP contribution in [0, 0.1) is 18.8 Å². The normalized spacial score (nSPS) is 20.5. The fourth-order valence-corrected chi connectivity index (χ4v) is 4.75. The number of amides is 2. The number of hydrogen-bond acceptors (Lipinski definition) is 7. The molecule has 0 radical (unpaired) electrons. The lowest BCUT2D eigenvalue weighted by molar-refractivity contribution is -0.138. The van der Waals surface area contributed by atoms with Crippen LogP contribution in [0.25, 0.3) is 0 Å². The van der Waals surface area contributed by atoms with Crippen LogP contribution in [0.5, 0.6) is 0 Å². The van der Waals surface area contributed by atoms with Crippen molar-refractivity contribution in [1.82, 2.24) is 19.9 Å². The molecule has 2 aromatic rings. The van der Waals surface area contributed by atoms with Crippen LogP contribution in [-0.4, -0.2) is 57.8 Å². The van der Waals surface area contributed by atoms with E-state index in [1.54, 1.807) is 18.5 Å². The highest BCUT2D eigenvalue weighted by molar-refractivity contribution is 7.13. The van der Waals surface area contributed by atoms with Gasteiger partial charge in [0.15, 0.2) is 5.13 Å². The lowest BCUT2D eigenvalue weighted by Gasteiger charge is -2.37. The average molecular weight is 415 g/mol. The Labute approximate surface area is 174 Å². The number of thiazole rings is 1. The minimum absolute atomic E-state index is 0.0107. The molecule has 0 aliphatic carbocycles. The summed E-state index contributed by atoms with van der Waals surface area (Å²) >= 11 is 1.44.